The lowest BCUT2D eigenvalue weighted by Gasteiger charge is -2.22. The van der Waals surface area contributed by atoms with E-state index in [9.17, 15) is 17.6 Å². The summed E-state index contributed by atoms with van der Waals surface area (Å²) in [5.74, 6) is -1.36. The second-order valence-corrected chi connectivity index (χ2v) is 9.89. The fraction of sp³-hybridized carbons (Fsp3) is 0.348. The number of hydrogen-bond donors (Lipinski definition) is 1. The fourth-order valence-corrected chi connectivity index (χ4v) is 5.57. The summed E-state index contributed by atoms with van der Waals surface area (Å²) in [6.45, 7) is 0.335. The van der Waals surface area contributed by atoms with Gasteiger partial charge in [-0.3, -0.25) is 4.79 Å². The minimum absolute atomic E-state index is 0.0655. The zero-order valence-corrected chi connectivity index (χ0v) is 17.5. The van der Waals surface area contributed by atoms with Crippen molar-refractivity contribution in [2.24, 2.45) is 0 Å². The molecule has 0 saturated heterocycles. The maximum atomic E-state index is 13.6. The third kappa shape index (κ3) is 4.56. The monoisotopic (exact) mass is 428 g/mol. The number of benzene rings is 2. The maximum Gasteiger partial charge on any atom is 0.235 e. The van der Waals surface area contributed by atoms with E-state index < -0.39 is 21.5 Å². The number of nitrogens with zero attached hydrogens (tertiary/aromatic N) is 1. The fourth-order valence-electron chi connectivity index (χ4n) is 4.19. The molecule has 5 nitrogen and oxygen atoms in total. The highest BCUT2D eigenvalue weighted by atomic mass is 32.2. The minimum atomic E-state index is -3.82. The van der Waals surface area contributed by atoms with Gasteiger partial charge in [0.25, 0.3) is 0 Å². The first kappa shape index (κ1) is 20.6. The first-order chi connectivity index (χ1) is 14.4. The van der Waals surface area contributed by atoms with Crippen molar-refractivity contribution in [3.05, 3.63) is 66.1 Å². The Labute approximate surface area is 175 Å². The number of carbonyl (C=O) groups is 1. The average Bonchev–Trinajstić information content (AvgIpc) is 3.08. The highest BCUT2D eigenvalue weighted by molar-refractivity contribution is 7.92. The molecule has 1 aliphatic carbocycles. The third-order valence-electron chi connectivity index (χ3n) is 5.62. The summed E-state index contributed by atoms with van der Waals surface area (Å²) < 4.78 is 41.5. The quantitative estimate of drug-likeness (QED) is 0.644. The van der Waals surface area contributed by atoms with Gasteiger partial charge in [-0.05, 0) is 36.6 Å². The number of hydrogen-bond acceptors (Lipinski definition) is 3. The van der Waals surface area contributed by atoms with E-state index in [1.165, 1.54) is 12.1 Å². The van der Waals surface area contributed by atoms with Gasteiger partial charge in [-0.25, -0.2) is 12.8 Å². The molecule has 0 atom stereocenters. The average molecular weight is 429 g/mol. The van der Waals surface area contributed by atoms with Crippen LogP contribution >= 0.6 is 0 Å². The topological polar surface area (TPSA) is 68.2 Å². The molecular formula is C23H25FN2O3S. The van der Waals surface area contributed by atoms with Gasteiger partial charge < -0.3 is 9.88 Å². The third-order valence-corrected chi connectivity index (χ3v) is 7.26. The van der Waals surface area contributed by atoms with Gasteiger partial charge in [0.05, 0.1) is 4.90 Å². The number of rotatable bonds is 6. The molecule has 1 heterocycles. The van der Waals surface area contributed by atoms with Crippen molar-refractivity contribution < 1.29 is 17.6 Å². The largest absolute Gasteiger partial charge is 0.352 e. The van der Waals surface area contributed by atoms with Gasteiger partial charge in [0.1, 0.15) is 11.6 Å². The van der Waals surface area contributed by atoms with E-state index in [0.29, 0.717) is 11.9 Å². The van der Waals surface area contributed by atoms with Gasteiger partial charge in [-0.2, -0.15) is 0 Å². The van der Waals surface area contributed by atoms with Gasteiger partial charge in [0.2, 0.25) is 5.91 Å². The Bertz CT molecular complexity index is 1160. The summed E-state index contributed by atoms with van der Waals surface area (Å²) in [6.07, 6.45) is 6.64. The molecule has 3 aromatic rings. The zero-order valence-electron chi connectivity index (χ0n) is 16.7. The molecule has 0 unspecified atom stereocenters. The zero-order chi connectivity index (χ0) is 21.1. The molecule has 0 bridgehead atoms. The van der Waals surface area contributed by atoms with E-state index in [0.717, 1.165) is 43.2 Å². The smallest absolute Gasteiger partial charge is 0.235 e. The lowest BCUT2D eigenvalue weighted by atomic mass is 9.95. The molecule has 30 heavy (non-hydrogen) atoms. The molecule has 158 valence electrons. The Morgan fingerprint density at radius 2 is 1.83 bits per heavy atom. The maximum absolute atomic E-state index is 13.6. The van der Waals surface area contributed by atoms with E-state index in [1.54, 1.807) is 35.0 Å². The van der Waals surface area contributed by atoms with Crippen LogP contribution in [0.15, 0.2) is 59.6 Å². The number of nitrogens with one attached hydrogen (secondary N) is 1. The Kier molecular flexibility index (Phi) is 5.90. The predicted octanol–water partition coefficient (Wildman–Crippen LogP) is 4.05. The van der Waals surface area contributed by atoms with E-state index in [2.05, 4.69) is 5.32 Å². The van der Waals surface area contributed by atoms with Crippen molar-refractivity contribution in [2.75, 3.05) is 5.75 Å². The molecule has 4 rings (SSSR count). The predicted molar refractivity (Wildman–Crippen MR) is 115 cm³/mol. The van der Waals surface area contributed by atoms with Crippen LogP contribution in [-0.2, 0) is 21.2 Å². The first-order valence-corrected chi connectivity index (χ1v) is 11.9. The Hall–Kier alpha value is -2.67. The molecule has 0 spiro atoms. The summed E-state index contributed by atoms with van der Waals surface area (Å²) in [5, 5.41) is 3.45. The highest BCUT2D eigenvalue weighted by Crippen LogP contribution is 2.27. The molecule has 1 aliphatic rings. The van der Waals surface area contributed by atoms with Gasteiger partial charge >= 0.3 is 0 Å². The van der Waals surface area contributed by atoms with Crippen molar-refractivity contribution in [1.82, 2.24) is 9.88 Å². The van der Waals surface area contributed by atoms with E-state index in [-0.39, 0.29) is 16.8 Å². The van der Waals surface area contributed by atoms with Crippen molar-refractivity contribution in [3.63, 3.8) is 0 Å². The highest BCUT2D eigenvalue weighted by Gasteiger charge is 2.26. The molecule has 1 amide bonds. The summed E-state index contributed by atoms with van der Waals surface area (Å²) in [4.78, 5) is 12.6. The summed E-state index contributed by atoms with van der Waals surface area (Å²) in [5.41, 5.74) is 1.46. The Morgan fingerprint density at radius 3 is 2.60 bits per heavy atom. The van der Waals surface area contributed by atoms with Crippen molar-refractivity contribution in [1.29, 1.82) is 0 Å². The van der Waals surface area contributed by atoms with E-state index in [1.807, 2.05) is 12.1 Å². The first-order valence-electron chi connectivity index (χ1n) is 10.3. The van der Waals surface area contributed by atoms with Crippen LogP contribution in [0.5, 0.6) is 0 Å². The van der Waals surface area contributed by atoms with Crippen molar-refractivity contribution >= 4 is 26.6 Å². The number of fused-ring (bicyclic) bond motifs is 1. The van der Waals surface area contributed by atoms with Crippen molar-refractivity contribution in [3.8, 4) is 0 Å². The normalized spacial score (nSPS) is 15.4. The summed E-state index contributed by atoms with van der Waals surface area (Å²) in [6, 6.07) is 13.5. The van der Waals surface area contributed by atoms with Crippen LogP contribution < -0.4 is 5.32 Å². The van der Waals surface area contributed by atoms with Gasteiger partial charge in [-0.15, -0.1) is 0 Å². The Morgan fingerprint density at radius 1 is 1.07 bits per heavy atom. The van der Waals surface area contributed by atoms with Gasteiger partial charge in [-0.1, -0.05) is 49.6 Å². The minimum Gasteiger partial charge on any atom is -0.352 e. The Balaban J connectivity index is 1.60. The number of aromatic nitrogens is 1. The van der Waals surface area contributed by atoms with E-state index in [4.69, 9.17) is 0 Å². The van der Waals surface area contributed by atoms with Crippen LogP contribution in [0.4, 0.5) is 4.39 Å². The molecule has 1 N–H and O–H groups in total. The van der Waals surface area contributed by atoms with Crippen LogP contribution in [0.2, 0.25) is 0 Å². The number of sulfone groups is 1. The van der Waals surface area contributed by atoms with E-state index >= 15 is 0 Å². The lowest BCUT2D eigenvalue weighted by molar-refractivity contribution is -0.119. The number of para-hydroxylation sites is 1. The van der Waals surface area contributed by atoms with Crippen LogP contribution in [0.3, 0.4) is 0 Å². The van der Waals surface area contributed by atoms with Gasteiger partial charge in [0.15, 0.2) is 9.84 Å². The van der Waals surface area contributed by atoms with Crippen LogP contribution in [0.1, 0.15) is 37.7 Å². The van der Waals surface area contributed by atoms with Crippen LogP contribution in [0.25, 0.3) is 10.9 Å². The molecule has 1 saturated carbocycles. The number of halogens is 1. The number of amides is 1. The molecular weight excluding hydrogens is 403 g/mol. The number of carbonyl (C=O) groups excluding carboxylic acids is 1. The van der Waals surface area contributed by atoms with Crippen LogP contribution in [0, 0.1) is 5.82 Å². The SMILES string of the molecule is O=C(CS(=O)(=O)c1cn(Cc2cccc(F)c2)c2ccccc12)NC1CCCCC1. The van der Waals surface area contributed by atoms with Gasteiger partial charge in [0, 0.05) is 29.7 Å². The standard InChI is InChI=1S/C23H25FN2O3S/c24-18-8-6-7-17(13-18)14-26-15-22(20-11-4-5-12-21(20)26)30(28,29)16-23(27)25-19-9-2-1-3-10-19/h4-8,11-13,15,19H,1-3,9-10,14,16H2,(H,25,27). The molecule has 7 heteroatoms. The summed E-state index contributed by atoms with van der Waals surface area (Å²) >= 11 is 0. The lowest BCUT2D eigenvalue weighted by Crippen LogP contribution is -2.39. The molecule has 2 aromatic carbocycles. The summed E-state index contributed by atoms with van der Waals surface area (Å²) in [7, 11) is -3.82. The second kappa shape index (κ2) is 8.60. The van der Waals surface area contributed by atoms with Crippen LogP contribution in [-0.4, -0.2) is 30.7 Å². The second-order valence-electron chi connectivity index (χ2n) is 7.93. The molecule has 0 radical (unpaired) electrons. The van der Waals surface area contributed by atoms with Crippen molar-refractivity contribution in [2.45, 2.75) is 49.6 Å². The molecule has 0 aliphatic heterocycles. The molecule has 1 fully saturated rings. The molecule has 1 aromatic heterocycles.